The summed E-state index contributed by atoms with van der Waals surface area (Å²) in [5.74, 6) is -0.996. The van der Waals surface area contributed by atoms with E-state index in [2.05, 4.69) is 9.73 Å². The second-order valence-corrected chi connectivity index (χ2v) is 7.86. The van der Waals surface area contributed by atoms with Crippen LogP contribution in [0, 0.1) is 13.8 Å². The van der Waals surface area contributed by atoms with Crippen LogP contribution in [0.15, 0.2) is 52.4 Å². The molecule has 1 heterocycles. The van der Waals surface area contributed by atoms with E-state index in [0.29, 0.717) is 26.6 Å². The molecule has 3 rings (SSSR count). The van der Waals surface area contributed by atoms with Crippen LogP contribution in [0.2, 0.25) is 10.0 Å². The molecular weight excluding hydrogens is 419 g/mol. The van der Waals surface area contributed by atoms with Gasteiger partial charge in [-0.1, -0.05) is 35.3 Å². The molecule has 1 amide bonds. The predicted octanol–water partition coefficient (Wildman–Crippen LogP) is 5.43. The van der Waals surface area contributed by atoms with Gasteiger partial charge in [0.2, 0.25) is 0 Å². The van der Waals surface area contributed by atoms with Gasteiger partial charge >= 0.3 is 5.97 Å². The molecule has 0 radical (unpaired) electrons. The van der Waals surface area contributed by atoms with Crippen LogP contribution in [-0.2, 0) is 14.3 Å². The number of ether oxygens (including phenoxy) is 1. The molecule has 1 aliphatic heterocycles. The molecule has 144 valence electrons. The van der Waals surface area contributed by atoms with Crippen molar-refractivity contribution in [3.8, 4) is 0 Å². The topological polar surface area (TPSA) is 59.0 Å². The van der Waals surface area contributed by atoms with Gasteiger partial charge in [0, 0.05) is 16.1 Å². The zero-order valence-corrected chi connectivity index (χ0v) is 17.7. The lowest BCUT2D eigenvalue weighted by Crippen LogP contribution is -2.28. The largest absolute Gasteiger partial charge is 0.466 e. The van der Waals surface area contributed by atoms with Gasteiger partial charge < -0.3 is 4.74 Å². The van der Waals surface area contributed by atoms with Gasteiger partial charge in [0.05, 0.1) is 23.4 Å². The SMILES string of the molecule is COC(=O)C=C1SC(=Nc2ccc(C)c(Cl)c2)N(c2ccc(C)c(Cl)c2)C1=O. The molecule has 0 spiro atoms. The van der Waals surface area contributed by atoms with Crippen molar-refractivity contribution in [1.29, 1.82) is 0 Å². The van der Waals surface area contributed by atoms with Gasteiger partial charge in [-0.05, 0) is 61.0 Å². The van der Waals surface area contributed by atoms with Gasteiger partial charge in [-0.2, -0.15) is 0 Å². The molecule has 2 aromatic carbocycles. The van der Waals surface area contributed by atoms with Crippen LogP contribution in [0.5, 0.6) is 0 Å². The number of anilines is 1. The van der Waals surface area contributed by atoms with E-state index >= 15 is 0 Å². The van der Waals surface area contributed by atoms with Gasteiger partial charge in [-0.3, -0.25) is 9.69 Å². The predicted molar refractivity (Wildman–Crippen MR) is 115 cm³/mol. The summed E-state index contributed by atoms with van der Waals surface area (Å²) >= 11 is 13.5. The molecule has 0 aromatic heterocycles. The fourth-order valence-corrected chi connectivity index (χ4v) is 3.74. The number of aliphatic imine (C=N–C) groups is 1. The van der Waals surface area contributed by atoms with Gasteiger partial charge in [-0.15, -0.1) is 0 Å². The molecule has 5 nitrogen and oxygen atoms in total. The normalized spacial score (nSPS) is 16.9. The van der Waals surface area contributed by atoms with Crippen molar-refractivity contribution in [3.05, 3.63) is 68.6 Å². The van der Waals surface area contributed by atoms with Crippen LogP contribution in [0.4, 0.5) is 11.4 Å². The molecule has 1 saturated heterocycles. The fraction of sp³-hybridized carbons (Fsp3) is 0.150. The molecule has 0 bridgehead atoms. The number of amides is 1. The Hall–Kier alpha value is -2.28. The maximum Gasteiger partial charge on any atom is 0.331 e. The number of aryl methyl sites for hydroxylation is 2. The quantitative estimate of drug-likeness (QED) is 0.476. The molecule has 28 heavy (non-hydrogen) atoms. The smallest absolute Gasteiger partial charge is 0.331 e. The van der Waals surface area contributed by atoms with E-state index in [0.717, 1.165) is 29.0 Å². The van der Waals surface area contributed by atoms with Gasteiger partial charge in [0.25, 0.3) is 5.91 Å². The number of amidine groups is 1. The van der Waals surface area contributed by atoms with Crippen molar-refractivity contribution in [2.24, 2.45) is 4.99 Å². The lowest BCUT2D eigenvalue weighted by molar-refractivity contribution is -0.135. The van der Waals surface area contributed by atoms with Crippen LogP contribution < -0.4 is 4.90 Å². The van der Waals surface area contributed by atoms with E-state index in [9.17, 15) is 9.59 Å². The molecule has 0 unspecified atom stereocenters. The average Bonchev–Trinajstić information content (AvgIpc) is 2.95. The molecule has 1 aliphatic rings. The Labute approximate surface area is 177 Å². The van der Waals surface area contributed by atoms with E-state index in [-0.39, 0.29) is 10.8 Å². The van der Waals surface area contributed by atoms with E-state index in [4.69, 9.17) is 23.2 Å². The van der Waals surface area contributed by atoms with Crippen LogP contribution >= 0.6 is 35.0 Å². The Bertz CT molecular complexity index is 1030. The first-order valence-corrected chi connectivity index (χ1v) is 9.80. The second-order valence-electron chi connectivity index (χ2n) is 6.04. The summed E-state index contributed by atoms with van der Waals surface area (Å²) in [4.78, 5) is 30.8. The Kier molecular flexibility index (Phi) is 6.13. The number of benzene rings is 2. The number of carbonyl (C=O) groups excluding carboxylic acids is 2. The highest BCUT2D eigenvalue weighted by Gasteiger charge is 2.35. The van der Waals surface area contributed by atoms with Crippen LogP contribution in [0.25, 0.3) is 0 Å². The Morgan fingerprint density at radius 1 is 1.11 bits per heavy atom. The third kappa shape index (κ3) is 4.24. The lowest BCUT2D eigenvalue weighted by atomic mass is 10.2. The Morgan fingerprint density at radius 3 is 2.36 bits per heavy atom. The van der Waals surface area contributed by atoms with E-state index < -0.39 is 5.97 Å². The molecule has 8 heteroatoms. The molecule has 2 aromatic rings. The zero-order chi connectivity index (χ0) is 20.4. The molecule has 1 fully saturated rings. The Balaban J connectivity index is 2.10. The van der Waals surface area contributed by atoms with Crippen molar-refractivity contribution in [2.75, 3.05) is 12.0 Å². The third-order valence-electron chi connectivity index (χ3n) is 4.05. The lowest BCUT2D eigenvalue weighted by Gasteiger charge is -2.16. The van der Waals surface area contributed by atoms with Crippen LogP contribution in [0.1, 0.15) is 11.1 Å². The number of esters is 1. The number of thioether (sulfide) groups is 1. The molecule has 0 aliphatic carbocycles. The van der Waals surface area contributed by atoms with Crippen molar-refractivity contribution < 1.29 is 14.3 Å². The van der Waals surface area contributed by atoms with E-state index in [1.165, 1.54) is 12.0 Å². The van der Waals surface area contributed by atoms with E-state index in [1.807, 2.05) is 32.0 Å². The zero-order valence-electron chi connectivity index (χ0n) is 15.3. The van der Waals surface area contributed by atoms with Crippen molar-refractivity contribution in [3.63, 3.8) is 0 Å². The maximum atomic E-state index is 13.0. The monoisotopic (exact) mass is 434 g/mol. The highest BCUT2D eigenvalue weighted by Crippen LogP contribution is 2.37. The summed E-state index contributed by atoms with van der Waals surface area (Å²) in [7, 11) is 1.25. The third-order valence-corrected chi connectivity index (χ3v) is 5.83. The molecule has 0 N–H and O–H groups in total. The number of halogens is 2. The van der Waals surface area contributed by atoms with Gasteiger partial charge in [-0.25, -0.2) is 9.79 Å². The molecular formula is C20H16Cl2N2O3S. The fourth-order valence-electron chi connectivity index (χ4n) is 2.43. The number of hydrogen-bond donors (Lipinski definition) is 0. The number of rotatable bonds is 3. The standard InChI is InChI=1S/C20H16Cl2N2O3S/c1-11-4-6-13(8-15(11)21)23-20-24(14-7-5-12(2)16(22)9-14)19(26)17(28-20)10-18(25)27-3/h4-10H,1-3H3. The van der Waals surface area contributed by atoms with Crippen molar-refractivity contribution in [1.82, 2.24) is 0 Å². The van der Waals surface area contributed by atoms with Gasteiger partial charge in [0.1, 0.15) is 0 Å². The molecule has 0 atom stereocenters. The minimum absolute atomic E-state index is 0.209. The summed E-state index contributed by atoms with van der Waals surface area (Å²) in [6.45, 7) is 3.77. The summed E-state index contributed by atoms with van der Waals surface area (Å²) in [5.41, 5.74) is 2.96. The number of hydrogen-bond acceptors (Lipinski definition) is 5. The average molecular weight is 435 g/mol. The van der Waals surface area contributed by atoms with Crippen LogP contribution in [-0.4, -0.2) is 24.2 Å². The van der Waals surface area contributed by atoms with Crippen molar-refractivity contribution in [2.45, 2.75) is 13.8 Å². The minimum atomic E-state index is -0.614. The van der Waals surface area contributed by atoms with Crippen LogP contribution in [0.3, 0.4) is 0 Å². The number of methoxy groups -OCH3 is 1. The first-order valence-electron chi connectivity index (χ1n) is 8.23. The highest BCUT2D eigenvalue weighted by molar-refractivity contribution is 8.19. The highest BCUT2D eigenvalue weighted by atomic mass is 35.5. The minimum Gasteiger partial charge on any atom is -0.466 e. The molecule has 0 saturated carbocycles. The van der Waals surface area contributed by atoms with Gasteiger partial charge in [0.15, 0.2) is 5.17 Å². The van der Waals surface area contributed by atoms with Crippen molar-refractivity contribution >= 4 is 63.4 Å². The first-order chi connectivity index (χ1) is 13.3. The van der Waals surface area contributed by atoms with E-state index in [1.54, 1.807) is 18.2 Å². The number of nitrogens with zero attached hydrogens (tertiary/aromatic N) is 2. The summed E-state index contributed by atoms with van der Waals surface area (Å²) < 4.78 is 4.64. The second kappa shape index (κ2) is 8.39. The summed E-state index contributed by atoms with van der Waals surface area (Å²) in [6, 6.07) is 10.7. The first kappa shape index (κ1) is 20.5. The summed E-state index contributed by atoms with van der Waals surface area (Å²) in [5, 5.41) is 1.49. The number of carbonyl (C=O) groups is 2. The maximum absolute atomic E-state index is 13.0. The summed E-state index contributed by atoms with van der Waals surface area (Å²) in [6.07, 6.45) is 1.15. The Morgan fingerprint density at radius 2 is 1.75 bits per heavy atom.